The molecule has 3 heterocycles. The minimum atomic E-state index is 0.127. The Morgan fingerprint density at radius 1 is 1.26 bits per heavy atom. The molecule has 1 aliphatic rings. The van der Waals surface area contributed by atoms with Gasteiger partial charge in [0.15, 0.2) is 0 Å². The van der Waals surface area contributed by atoms with Crippen LogP contribution in [0.3, 0.4) is 0 Å². The molecule has 1 saturated heterocycles. The molecular formula is C20H21N3O2S2. The number of thioether (sulfide) groups is 1. The van der Waals surface area contributed by atoms with E-state index in [1.807, 2.05) is 39.9 Å². The first-order valence-electron chi connectivity index (χ1n) is 9.05. The van der Waals surface area contributed by atoms with Gasteiger partial charge in [0.25, 0.3) is 0 Å². The summed E-state index contributed by atoms with van der Waals surface area (Å²) in [4.78, 5) is 14.5. The molecule has 3 aromatic rings. The molecule has 0 bridgehead atoms. The molecule has 1 fully saturated rings. The number of amides is 1. The molecule has 1 aliphatic heterocycles. The van der Waals surface area contributed by atoms with Gasteiger partial charge in [-0.05, 0) is 29.9 Å². The fourth-order valence-electron chi connectivity index (χ4n) is 3.23. The Kier molecular flexibility index (Phi) is 5.89. The van der Waals surface area contributed by atoms with Gasteiger partial charge in [0, 0.05) is 29.8 Å². The third-order valence-electron chi connectivity index (χ3n) is 4.67. The molecule has 0 saturated carbocycles. The van der Waals surface area contributed by atoms with Gasteiger partial charge in [-0.2, -0.15) is 11.3 Å². The van der Waals surface area contributed by atoms with Crippen molar-refractivity contribution in [2.75, 3.05) is 18.8 Å². The monoisotopic (exact) mass is 399 g/mol. The van der Waals surface area contributed by atoms with Crippen LogP contribution in [0.25, 0.3) is 11.5 Å². The van der Waals surface area contributed by atoms with Crippen molar-refractivity contribution in [2.45, 2.75) is 24.5 Å². The first-order valence-corrected chi connectivity index (χ1v) is 11.1. The Hall–Kier alpha value is -2.12. The van der Waals surface area contributed by atoms with Crippen LogP contribution in [0, 0.1) is 0 Å². The van der Waals surface area contributed by atoms with E-state index in [1.54, 1.807) is 23.1 Å². The normalized spacial score (nSPS) is 17.2. The lowest BCUT2D eigenvalue weighted by atomic mass is 9.98. The van der Waals surface area contributed by atoms with Crippen LogP contribution in [-0.4, -0.2) is 39.8 Å². The van der Waals surface area contributed by atoms with Gasteiger partial charge in [0.05, 0.1) is 11.7 Å². The van der Waals surface area contributed by atoms with Crippen molar-refractivity contribution < 1.29 is 9.21 Å². The highest BCUT2D eigenvalue weighted by Gasteiger charge is 2.28. The summed E-state index contributed by atoms with van der Waals surface area (Å²) in [5.74, 6) is 2.89. The number of aromatic nitrogens is 2. The number of carbonyl (C=O) groups excluding carboxylic acids is 1. The van der Waals surface area contributed by atoms with Gasteiger partial charge in [-0.25, -0.2) is 0 Å². The predicted octanol–water partition coefficient (Wildman–Crippen LogP) is 4.44. The molecule has 0 spiro atoms. The summed E-state index contributed by atoms with van der Waals surface area (Å²) >= 11 is 3.27. The predicted molar refractivity (Wildman–Crippen MR) is 109 cm³/mol. The van der Waals surface area contributed by atoms with Crippen LogP contribution in [0.4, 0.5) is 0 Å². The van der Waals surface area contributed by atoms with E-state index in [-0.39, 0.29) is 11.8 Å². The van der Waals surface area contributed by atoms with Gasteiger partial charge >= 0.3 is 0 Å². The molecular weight excluding hydrogens is 378 g/mol. The number of likely N-dealkylation sites (tertiary alicyclic amines) is 1. The number of piperidine rings is 1. The van der Waals surface area contributed by atoms with Crippen LogP contribution in [0.1, 0.15) is 30.2 Å². The van der Waals surface area contributed by atoms with Gasteiger partial charge in [-0.1, -0.05) is 30.3 Å². The minimum absolute atomic E-state index is 0.127. The summed E-state index contributed by atoms with van der Waals surface area (Å²) in [7, 11) is 0. The lowest BCUT2D eigenvalue weighted by Crippen LogP contribution is -2.40. The van der Waals surface area contributed by atoms with Crippen molar-refractivity contribution in [3.8, 4) is 11.5 Å². The second-order valence-electron chi connectivity index (χ2n) is 6.61. The average Bonchev–Trinajstić information content (AvgIpc) is 3.40. The molecule has 0 aliphatic carbocycles. The van der Waals surface area contributed by atoms with Crippen molar-refractivity contribution >= 4 is 29.0 Å². The zero-order valence-electron chi connectivity index (χ0n) is 14.9. The molecule has 0 N–H and O–H groups in total. The highest BCUT2D eigenvalue weighted by atomic mass is 32.2. The third kappa shape index (κ3) is 4.59. The number of thiophene rings is 1. The first-order chi connectivity index (χ1) is 13.3. The van der Waals surface area contributed by atoms with Crippen molar-refractivity contribution in [1.82, 2.24) is 15.1 Å². The summed E-state index contributed by atoms with van der Waals surface area (Å²) in [6.07, 6.45) is 1.95. The number of carbonyl (C=O) groups is 1. The van der Waals surface area contributed by atoms with Crippen molar-refractivity contribution in [3.63, 3.8) is 0 Å². The van der Waals surface area contributed by atoms with Crippen molar-refractivity contribution in [2.24, 2.45) is 0 Å². The summed E-state index contributed by atoms with van der Waals surface area (Å²) in [6.45, 7) is 1.47. The molecule has 0 unspecified atom stereocenters. The van der Waals surface area contributed by atoms with Gasteiger partial charge < -0.3 is 9.32 Å². The SMILES string of the molecule is O=C(CSCc1ccccc1)N1CCC[C@H](c2nnc(-c3ccsc3)o2)C1. The second kappa shape index (κ2) is 8.71. The summed E-state index contributed by atoms with van der Waals surface area (Å²) in [5, 5.41) is 12.4. The van der Waals surface area contributed by atoms with Crippen LogP contribution in [0.5, 0.6) is 0 Å². The number of hydrogen-bond acceptors (Lipinski definition) is 6. The Bertz CT molecular complexity index is 865. The molecule has 1 amide bonds. The lowest BCUT2D eigenvalue weighted by molar-refractivity contribution is -0.129. The highest BCUT2D eigenvalue weighted by molar-refractivity contribution is 7.99. The minimum Gasteiger partial charge on any atom is -0.420 e. The Balaban J connectivity index is 1.32. The lowest BCUT2D eigenvalue weighted by Gasteiger charge is -2.31. The Labute approximate surface area is 166 Å². The van der Waals surface area contributed by atoms with Gasteiger partial charge in [-0.15, -0.1) is 22.0 Å². The van der Waals surface area contributed by atoms with E-state index >= 15 is 0 Å². The standard InChI is InChI=1S/C20H21N3O2S2/c24-18(14-27-12-15-5-2-1-3-6-15)23-9-4-7-16(11-23)19-21-22-20(25-19)17-8-10-26-13-17/h1-3,5-6,8,10,13,16H,4,7,9,11-12,14H2/t16-/m0/s1. The largest absolute Gasteiger partial charge is 0.420 e. The molecule has 4 rings (SSSR count). The number of nitrogens with zero attached hydrogens (tertiary/aromatic N) is 3. The number of hydrogen-bond donors (Lipinski definition) is 0. The van der Waals surface area contributed by atoms with Crippen molar-refractivity contribution in [1.29, 1.82) is 0 Å². The summed E-state index contributed by atoms with van der Waals surface area (Å²) in [5.41, 5.74) is 2.21. The van der Waals surface area contributed by atoms with Crippen LogP contribution in [0.2, 0.25) is 0 Å². The fraction of sp³-hybridized carbons (Fsp3) is 0.350. The van der Waals surface area contributed by atoms with E-state index < -0.39 is 0 Å². The summed E-state index contributed by atoms with van der Waals surface area (Å²) < 4.78 is 5.88. The van der Waals surface area contributed by atoms with Crippen LogP contribution < -0.4 is 0 Å². The molecule has 1 atom stereocenters. The molecule has 27 heavy (non-hydrogen) atoms. The van der Waals surface area contributed by atoms with Crippen LogP contribution in [0.15, 0.2) is 51.6 Å². The Morgan fingerprint density at radius 3 is 2.96 bits per heavy atom. The van der Waals surface area contributed by atoms with E-state index in [2.05, 4.69) is 22.3 Å². The highest BCUT2D eigenvalue weighted by Crippen LogP contribution is 2.29. The average molecular weight is 400 g/mol. The van der Waals surface area contributed by atoms with Gasteiger partial charge in [0.1, 0.15) is 0 Å². The van der Waals surface area contributed by atoms with E-state index in [0.717, 1.165) is 30.7 Å². The van der Waals surface area contributed by atoms with Gasteiger partial charge in [-0.3, -0.25) is 4.79 Å². The van der Waals surface area contributed by atoms with E-state index in [4.69, 9.17) is 4.42 Å². The molecule has 0 radical (unpaired) electrons. The van der Waals surface area contributed by atoms with E-state index in [0.29, 0.717) is 24.1 Å². The number of benzene rings is 1. The smallest absolute Gasteiger partial charge is 0.248 e. The Morgan fingerprint density at radius 2 is 2.15 bits per heavy atom. The second-order valence-corrected chi connectivity index (χ2v) is 8.38. The van der Waals surface area contributed by atoms with Crippen LogP contribution in [-0.2, 0) is 10.5 Å². The fourth-order valence-corrected chi connectivity index (χ4v) is 4.75. The molecule has 7 heteroatoms. The molecule has 5 nitrogen and oxygen atoms in total. The quantitative estimate of drug-likeness (QED) is 0.613. The maximum atomic E-state index is 12.6. The van der Waals surface area contributed by atoms with Crippen LogP contribution >= 0.6 is 23.1 Å². The van der Waals surface area contributed by atoms with Gasteiger partial charge in [0.2, 0.25) is 17.7 Å². The summed E-state index contributed by atoms with van der Waals surface area (Å²) in [6, 6.07) is 12.2. The zero-order chi connectivity index (χ0) is 18.5. The maximum absolute atomic E-state index is 12.6. The maximum Gasteiger partial charge on any atom is 0.248 e. The topological polar surface area (TPSA) is 59.2 Å². The third-order valence-corrected chi connectivity index (χ3v) is 6.34. The molecule has 140 valence electrons. The molecule has 1 aromatic carbocycles. The van der Waals surface area contributed by atoms with Crippen molar-refractivity contribution in [3.05, 3.63) is 58.6 Å². The van der Waals surface area contributed by atoms with E-state index in [9.17, 15) is 4.79 Å². The zero-order valence-corrected chi connectivity index (χ0v) is 16.5. The number of rotatable bonds is 6. The molecule has 2 aromatic heterocycles. The van der Waals surface area contributed by atoms with E-state index in [1.165, 1.54) is 5.56 Å². The first kappa shape index (κ1) is 18.3.